The van der Waals surface area contributed by atoms with Gasteiger partial charge in [-0.2, -0.15) is 0 Å². The fourth-order valence-corrected chi connectivity index (χ4v) is 2.60. The minimum Gasteiger partial charge on any atom is -0.459 e. The molecule has 0 saturated carbocycles. The first-order chi connectivity index (χ1) is 9.83. The van der Waals surface area contributed by atoms with E-state index >= 15 is 0 Å². The fraction of sp³-hybridized carbons (Fsp3) is 0.571. The van der Waals surface area contributed by atoms with Crippen molar-refractivity contribution >= 4 is 0 Å². The number of rotatable bonds is 4. The van der Waals surface area contributed by atoms with Gasteiger partial charge in [-0.15, -0.1) is 10.2 Å². The highest BCUT2D eigenvalue weighted by molar-refractivity contribution is 5.42. The van der Waals surface area contributed by atoms with Gasteiger partial charge in [0.25, 0.3) is 5.89 Å². The summed E-state index contributed by atoms with van der Waals surface area (Å²) in [7, 11) is 2.12. The summed E-state index contributed by atoms with van der Waals surface area (Å²) in [6.07, 6.45) is 5.19. The molecule has 1 unspecified atom stereocenters. The van der Waals surface area contributed by atoms with Crippen molar-refractivity contribution in [2.45, 2.75) is 31.8 Å². The molecule has 1 fully saturated rings. The third kappa shape index (κ3) is 3.08. The highest BCUT2D eigenvalue weighted by Crippen LogP contribution is 2.19. The van der Waals surface area contributed by atoms with Crippen LogP contribution in [-0.2, 0) is 6.54 Å². The van der Waals surface area contributed by atoms with Crippen molar-refractivity contribution in [2.75, 3.05) is 20.1 Å². The maximum Gasteiger partial charge on any atom is 0.283 e. The summed E-state index contributed by atoms with van der Waals surface area (Å²) in [5.41, 5.74) is 0. The highest BCUT2D eigenvalue weighted by Gasteiger charge is 2.19. The van der Waals surface area contributed by atoms with Gasteiger partial charge in [0.2, 0.25) is 5.89 Å². The molecule has 1 atom stereocenters. The first-order valence-corrected chi connectivity index (χ1v) is 7.10. The van der Waals surface area contributed by atoms with Crippen LogP contribution in [0.25, 0.3) is 11.7 Å². The van der Waals surface area contributed by atoms with E-state index < -0.39 is 0 Å². The average molecular weight is 276 g/mol. The maximum atomic E-state index is 5.65. The van der Waals surface area contributed by atoms with Crippen LogP contribution in [0.2, 0.25) is 0 Å². The Bertz CT molecular complexity index is 515. The second-order valence-corrected chi connectivity index (χ2v) is 5.23. The zero-order valence-electron chi connectivity index (χ0n) is 11.7. The van der Waals surface area contributed by atoms with E-state index in [0.717, 1.165) is 19.5 Å². The summed E-state index contributed by atoms with van der Waals surface area (Å²) < 4.78 is 10.9. The molecule has 0 aliphatic carbocycles. The Kier molecular flexibility index (Phi) is 4.13. The lowest BCUT2D eigenvalue weighted by molar-refractivity contribution is 0.198. The van der Waals surface area contributed by atoms with Crippen LogP contribution < -0.4 is 5.32 Å². The number of nitrogens with one attached hydrogen (secondary N) is 1. The van der Waals surface area contributed by atoms with E-state index in [-0.39, 0.29) is 0 Å². The Morgan fingerprint density at radius 3 is 3.15 bits per heavy atom. The lowest BCUT2D eigenvalue weighted by Crippen LogP contribution is -2.32. The second kappa shape index (κ2) is 6.19. The van der Waals surface area contributed by atoms with Crippen molar-refractivity contribution in [3.8, 4) is 11.7 Å². The number of nitrogens with zero attached hydrogens (tertiary/aromatic N) is 3. The minimum absolute atomic E-state index is 0.445. The van der Waals surface area contributed by atoms with Crippen LogP contribution in [0.3, 0.4) is 0 Å². The summed E-state index contributed by atoms with van der Waals surface area (Å²) in [4.78, 5) is 2.30. The van der Waals surface area contributed by atoms with Crippen LogP contribution in [0.4, 0.5) is 0 Å². The molecule has 0 spiro atoms. The lowest BCUT2D eigenvalue weighted by atomic mass is 10.1. The van der Waals surface area contributed by atoms with E-state index in [4.69, 9.17) is 8.83 Å². The van der Waals surface area contributed by atoms with Gasteiger partial charge in [0.1, 0.15) is 0 Å². The quantitative estimate of drug-likeness (QED) is 0.920. The molecule has 1 aliphatic rings. The van der Waals surface area contributed by atoms with Gasteiger partial charge < -0.3 is 14.2 Å². The Hall–Kier alpha value is -1.66. The zero-order valence-corrected chi connectivity index (χ0v) is 11.7. The summed E-state index contributed by atoms with van der Waals surface area (Å²) in [6, 6.07) is 4.20. The standard InChI is InChI=1S/C14H20N4O2/c1-18(11-4-2-7-15-8-6-11)10-13-16-17-14(20-13)12-5-3-9-19-12/h3,5,9,11,15H,2,4,6-8,10H2,1H3. The number of furan rings is 1. The van der Waals surface area contributed by atoms with Crippen LogP contribution in [0.15, 0.2) is 27.2 Å². The minimum atomic E-state index is 0.445. The molecule has 0 amide bonds. The predicted octanol–water partition coefficient (Wildman–Crippen LogP) is 1.90. The van der Waals surface area contributed by atoms with Crippen molar-refractivity contribution < 1.29 is 8.83 Å². The first kappa shape index (κ1) is 13.3. The van der Waals surface area contributed by atoms with E-state index in [0.29, 0.717) is 30.1 Å². The van der Waals surface area contributed by atoms with Gasteiger partial charge in [0.05, 0.1) is 12.8 Å². The molecular weight excluding hydrogens is 256 g/mol. The predicted molar refractivity (Wildman–Crippen MR) is 74.0 cm³/mol. The lowest BCUT2D eigenvalue weighted by Gasteiger charge is -2.25. The normalized spacial score (nSPS) is 20.2. The van der Waals surface area contributed by atoms with Crippen molar-refractivity contribution in [3.05, 3.63) is 24.3 Å². The Morgan fingerprint density at radius 2 is 2.30 bits per heavy atom. The smallest absolute Gasteiger partial charge is 0.283 e. The number of hydrogen-bond acceptors (Lipinski definition) is 6. The molecule has 6 heteroatoms. The summed E-state index contributed by atoms with van der Waals surface area (Å²) in [5.74, 6) is 1.70. The molecule has 108 valence electrons. The van der Waals surface area contributed by atoms with Crippen molar-refractivity contribution in [3.63, 3.8) is 0 Å². The molecule has 1 aliphatic heterocycles. The molecule has 3 rings (SSSR count). The van der Waals surface area contributed by atoms with E-state index in [9.17, 15) is 0 Å². The van der Waals surface area contributed by atoms with Gasteiger partial charge in [-0.05, 0) is 51.5 Å². The first-order valence-electron chi connectivity index (χ1n) is 7.10. The topological polar surface area (TPSA) is 67.3 Å². The van der Waals surface area contributed by atoms with E-state index in [1.54, 1.807) is 6.26 Å². The average Bonchev–Trinajstić information content (AvgIpc) is 3.05. The van der Waals surface area contributed by atoms with Gasteiger partial charge in [-0.3, -0.25) is 4.90 Å². The highest BCUT2D eigenvalue weighted by atomic mass is 16.4. The number of aromatic nitrogens is 2. The summed E-state index contributed by atoms with van der Waals surface area (Å²) in [5, 5.41) is 11.6. The Morgan fingerprint density at radius 1 is 1.35 bits per heavy atom. The Labute approximate surface area is 118 Å². The van der Waals surface area contributed by atoms with Crippen molar-refractivity contribution in [1.29, 1.82) is 0 Å². The van der Waals surface area contributed by atoms with Crippen LogP contribution in [0.5, 0.6) is 0 Å². The van der Waals surface area contributed by atoms with Crippen LogP contribution in [-0.4, -0.2) is 41.3 Å². The zero-order chi connectivity index (χ0) is 13.8. The Balaban J connectivity index is 1.62. The molecule has 0 bridgehead atoms. The van der Waals surface area contributed by atoms with Crippen molar-refractivity contribution in [2.24, 2.45) is 0 Å². The SMILES string of the molecule is CN(Cc1nnc(-c2ccco2)o1)C1CCCNCC1. The third-order valence-electron chi connectivity index (χ3n) is 3.75. The molecule has 1 saturated heterocycles. The van der Waals surface area contributed by atoms with Gasteiger partial charge in [0.15, 0.2) is 5.76 Å². The number of hydrogen-bond donors (Lipinski definition) is 1. The van der Waals surface area contributed by atoms with E-state index in [1.165, 1.54) is 12.8 Å². The van der Waals surface area contributed by atoms with Gasteiger partial charge in [0, 0.05) is 6.04 Å². The van der Waals surface area contributed by atoms with E-state index in [1.807, 2.05) is 12.1 Å². The van der Waals surface area contributed by atoms with Gasteiger partial charge in [-0.1, -0.05) is 0 Å². The molecular formula is C14H20N4O2. The van der Waals surface area contributed by atoms with Gasteiger partial charge in [-0.25, -0.2) is 0 Å². The maximum absolute atomic E-state index is 5.65. The molecule has 20 heavy (non-hydrogen) atoms. The van der Waals surface area contributed by atoms with Gasteiger partial charge >= 0.3 is 0 Å². The van der Waals surface area contributed by atoms with Crippen molar-refractivity contribution in [1.82, 2.24) is 20.4 Å². The third-order valence-corrected chi connectivity index (χ3v) is 3.75. The van der Waals surface area contributed by atoms with Crippen LogP contribution >= 0.6 is 0 Å². The largest absolute Gasteiger partial charge is 0.459 e. The summed E-state index contributed by atoms with van der Waals surface area (Å²) >= 11 is 0. The fourth-order valence-electron chi connectivity index (χ4n) is 2.60. The molecule has 6 nitrogen and oxygen atoms in total. The van der Waals surface area contributed by atoms with Crippen LogP contribution in [0, 0.1) is 0 Å². The summed E-state index contributed by atoms with van der Waals surface area (Å²) in [6.45, 7) is 2.88. The molecule has 0 aromatic carbocycles. The molecule has 0 radical (unpaired) electrons. The van der Waals surface area contributed by atoms with Crippen LogP contribution in [0.1, 0.15) is 25.2 Å². The second-order valence-electron chi connectivity index (χ2n) is 5.23. The monoisotopic (exact) mass is 276 g/mol. The molecule has 3 heterocycles. The molecule has 1 N–H and O–H groups in total. The molecule has 2 aromatic rings. The molecule has 2 aromatic heterocycles. The van der Waals surface area contributed by atoms with E-state index in [2.05, 4.69) is 27.5 Å².